The van der Waals surface area contributed by atoms with Crippen LogP contribution in [-0.2, 0) is 7.05 Å². The molecule has 1 aromatic heterocycles. The fourth-order valence-corrected chi connectivity index (χ4v) is 3.17. The highest BCUT2D eigenvalue weighted by Gasteiger charge is 2.36. The normalized spacial score (nSPS) is 20.1. The number of allylic oxidation sites excluding steroid dienone is 1. The number of fused-ring (bicyclic) bond motifs is 1. The predicted molar refractivity (Wildman–Crippen MR) is 95.5 cm³/mol. The van der Waals surface area contributed by atoms with Crippen molar-refractivity contribution in [3.63, 3.8) is 0 Å². The van der Waals surface area contributed by atoms with E-state index in [9.17, 15) is 0 Å². The van der Waals surface area contributed by atoms with E-state index >= 15 is 0 Å². The number of hydrogen-bond acceptors (Lipinski definition) is 1. The van der Waals surface area contributed by atoms with Gasteiger partial charge in [0, 0.05) is 11.5 Å². The molecule has 3 rings (SSSR count). The third-order valence-electron chi connectivity index (χ3n) is 4.38. The van der Waals surface area contributed by atoms with Crippen LogP contribution >= 0.6 is 0 Å². The Morgan fingerprint density at radius 3 is 2.86 bits per heavy atom. The molecule has 0 bridgehead atoms. The second-order valence-corrected chi connectivity index (χ2v) is 5.97. The van der Waals surface area contributed by atoms with Gasteiger partial charge in [-0.2, -0.15) is 0 Å². The van der Waals surface area contributed by atoms with Gasteiger partial charge in [0.15, 0.2) is 0 Å². The quantitative estimate of drug-likeness (QED) is 0.609. The van der Waals surface area contributed by atoms with E-state index in [0.29, 0.717) is 5.56 Å². The lowest BCUT2D eigenvalue weighted by Gasteiger charge is -2.28. The molecule has 1 unspecified atom stereocenters. The summed E-state index contributed by atoms with van der Waals surface area (Å²) in [6.07, 6.45) is 3.98. The maximum Gasteiger partial charge on any atom is 0.409 e. The predicted octanol–water partition coefficient (Wildman–Crippen LogP) is 3.34. The highest BCUT2D eigenvalue weighted by Crippen LogP contribution is 2.25. The number of anilines is 1. The van der Waals surface area contributed by atoms with Crippen molar-refractivity contribution in [3.05, 3.63) is 59.4 Å². The first-order valence-corrected chi connectivity index (χ1v) is 7.60. The van der Waals surface area contributed by atoms with Crippen LogP contribution in [0.4, 0.5) is 5.82 Å². The molecule has 1 atom stereocenters. The summed E-state index contributed by atoms with van der Waals surface area (Å²) in [7, 11) is 1.94. The van der Waals surface area contributed by atoms with Crippen LogP contribution in [0, 0.1) is 0 Å². The van der Waals surface area contributed by atoms with Crippen LogP contribution in [0.1, 0.15) is 43.2 Å². The van der Waals surface area contributed by atoms with Crippen LogP contribution in [0.15, 0.2) is 48.3 Å². The molecule has 1 aliphatic rings. The first-order chi connectivity index (χ1) is 12.0. The van der Waals surface area contributed by atoms with E-state index in [4.69, 9.17) is 5.48 Å². The molecule has 1 aliphatic heterocycles. The summed E-state index contributed by atoms with van der Waals surface area (Å²) >= 11 is 0. The van der Waals surface area contributed by atoms with Gasteiger partial charge in [-0.05, 0) is 48.4 Å². The van der Waals surface area contributed by atoms with Crippen molar-refractivity contribution in [3.8, 4) is 0 Å². The van der Waals surface area contributed by atoms with E-state index in [-0.39, 0.29) is 6.85 Å². The number of pyridine rings is 1. The van der Waals surface area contributed by atoms with E-state index in [1.54, 1.807) is 6.07 Å². The van der Waals surface area contributed by atoms with Gasteiger partial charge in [0.05, 0.1) is 18.9 Å². The highest BCUT2D eigenvalue weighted by atomic mass is 15.2. The molecule has 2 nitrogen and oxygen atoms in total. The van der Waals surface area contributed by atoms with E-state index in [0.717, 1.165) is 11.5 Å². The Balaban J connectivity index is 2.12. The molecular weight excluding hydrogens is 267 g/mol. The number of nitrogens with zero attached hydrogens (tertiary/aromatic N) is 2. The molecule has 0 aliphatic carbocycles. The topological polar surface area (TPSA) is 7.12 Å². The Labute approximate surface area is 139 Å². The van der Waals surface area contributed by atoms with Crippen molar-refractivity contribution in [1.82, 2.24) is 0 Å². The lowest BCUT2D eigenvalue weighted by molar-refractivity contribution is -0.658. The fourth-order valence-electron chi connectivity index (χ4n) is 3.17. The van der Waals surface area contributed by atoms with E-state index in [1.807, 2.05) is 36.0 Å². The van der Waals surface area contributed by atoms with E-state index < -0.39 is 12.7 Å². The lowest BCUT2D eigenvalue weighted by Crippen LogP contribution is -2.53. The van der Waals surface area contributed by atoms with Gasteiger partial charge < -0.3 is 0 Å². The third kappa shape index (κ3) is 2.45. The molecule has 3 heteroatoms. The molecule has 0 N–H and O–H groups in total. The van der Waals surface area contributed by atoms with Crippen molar-refractivity contribution < 1.29 is 10.1 Å². The SMILES string of the molecule is [2H]C([2H])([2H])C([2H])(C)c1cc[n+](C)c(N2B(C)c3ccccc3C=C2C)c1. The monoisotopic (exact) mass is 295 g/mol. The number of benzene rings is 1. The number of rotatable bonds is 2. The molecule has 0 amide bonds. The second-order valence-electron chi connectivity index (χ2n) is 5.97. The minimum Gasteiger partial charge on any atom is -0.290 e. The van der Waals surface area contributed by atoms with Gasteiger partial charge in [0.25, 0.3) is 5.82 Å². The van der Waals surface area contributed by atoms with E-state index in [2.05, 4.69) is 36.8 Å². The largest absolute Gasteiger partial charge is 0.409 e. The van der Waals surface area contributed by atoms with Crippen molar-refractivity contribution in [2.75, 3.05) is 4.81 Å². The second kappa shape index (κ2) is 5.64. The summed E-state index contributed by atoms with van der Waals surface area (Å²) in [5, 5.41) is 0. The molecule has 22 heavy (non-hydrogen) atoms. The minimum atomic E-state index is -2.39. The molecule has 1 aromatic carbocycles. The zero-order valence-electron chi connectivity index (χ0n) is 17.6. The van der Waals surface area contributed by atoms with Gasteiger partial charge in [-0.25, -0.2) is 4.57 Å². The maximum absolute atomic E-state index is 8.41. The van der Waals surface area contributed by atoms with Crippen molar-refractivity contribution >= 4 is 24.2 Å². The van der Waals surface area contributed by atoms with Crippen LogP contribution in [0.25, 0.3) is 6.08 Å². The molecule has 2 heterocycles. The van der Waals surface area contributed by atoms with Crippen LogP contribution < -0.4 is 14.8 Å². The fraction of sp³-hybridized carbons (Fsp3) is 0.316. The van der Waals surface area contributed by atoms with Crippen LogP contribution in [0.5, 0.6) is 0 Å². The number of aryl methyl sites for hydroxylation is 1. The lowest BCUT2D eigenvalue weighted by atomic mass is 9.53. The Kier molecular flexibility index (Phi) is 2.73. The van der Waals surface area contributed by atoms with Crippen LogP contribution in [0.2, 0.25) is 6.82 Å². The van der Waals surface area contributed by atoms with Gasteiger partial charge in [0.2, 0.25) is 0 Å². The van der Waals surface area contributed by atoms with Crippen LogP contribution in [0.3, 0.4) is 0 Å². The zero-order valence-corrected chi connectivity index (χ0v) is 13.6. The third-order valence-corrected chi connectivity index (χ3v) is 4.38. The minimum absolute atomic E-state index is 0.113. The highest BCUT2D eigenvalue weighted by molar-refractivity contribution is 6.77. The zero-order chi connectivity index (χ0) is 19.3. The molecule has 112 valence electrons. The molecule has 0 saturated heterocycles. The Hall–Kier alpha value is -2.03. The number of hydrogen-bond donors (Lipinski definition) is 0. The van der Waals surface area contributed by atoms with Gasteiger partial charge in [0.1, 0.15) is 0 Å². The van der Waals surface area contributed by atoms with Gasteiger partial charge >= 0.3 is 6.85 Å². The van der Waals surface area contributed by atoms with Gasteiger partial charge in [-0.3, -0.25) is 4.81 Å². The first kappa shape index (κ1) is 10.7. The summed E-state index contributed by atoms with van der Waals surface area (Å²) in [5.41, 5.74) is 4.02. The average Bonchev–Trinajstić information content (AvgIpc) is 2.55. The standard InChI is InChI=1S/C19H24BN2/c1-14(2)16-10-11-21(5)19(13-16)22-15(3)12-17-8-6-7-9-18(17)20(22)4/h6-14H,1-5H3/q+1/i1D3,14D. The van der Waals surface area contributed by atoms with Gasteiger partial charge in [-0.1, -0.05) is 38.0 Å². The Morgan fingerprint density at radius 1 is 1.32 bits per heavy atom. The molecule has 2 aromatic rings. The Morgan fingerprint density at radius 2 is 2.09 bits per heavy atom. The molecular formula is C19H24BN2+. The van der Waals surface area contributed by atoms with Crippen LogP contribution in [-0.4, -0.2) is 6.85 Å². The summed E-state index contributed by atoms with van der Waals surface area (Å²) in [4.78, 5) is 2.20. The maximum atomic E-state index is 8.41. The van der Waals surface area contributed by atoms with Crippen molar-refractivity contribution in [2.45, 2.75) is 33.4 Å². The average molecular weight is 295 g/mol. The molecule has 0 spiro atoms. The first-order valence-electron chi connectivity index (χ1n) is 9.60. The molecule has 0 saturated carbocycles. The summed E-state index contributed by atoms with van der Waals surface area (Å²) in [6.45, 7) is 3.38. The van der Waals surface area contributed by atoms with E-state index in [1.165, 1.54) is 17.9 Å². The molecule has 0 fully saturated rings. The molecule has 0 radical (unpaired) electrons. The van der Waals surface area contributed by atoms with Gasteiger partial charge in [-0.15, -0.1) is 0 Å². The Bertz CT molecular complexity index is 874. The number of aromatic nitrogens is 1. The van der Waals surface area contributed by atoms with Crippen molar-refractivity contribution in [1.29, 1.82) is 0 Å². The summed E-state index contributed by atoms with van der Waals surface area (Å²) in [6, 6.07) is 11.9. The summed E-state index contributed by atoms with van der Waals surface area (Å²) < 4.78 is 33.6. The van der Waals surface area contributed by atoms with Crippen molar-refractivity contribution in [2.24, 2.45) is 7.05 Å². The smallest absolute Gasteiger partial charge is 0.290 e. The summed E-state index contributed by atoms with van der Waals surface area (Å²) in [5.74, 6) is -0.786.